The second kappa shape index (κ2) is 6.21. The van der Waals surface area contributed by atoms with Gasteiger partial charge in [0.15, 0.2) is 5.82 Å². The van der Waals surface area contributed by atoms with E-state index in [4.69, 9.17) is 10.3 Å². The Bertz CT molecular complexity index is 510. The Kier molecular flexibility index (Phi) is 4.61. The van der Waals surface area contributed by atoms with Gasteiger partial charge in [0.05, 0.1) is 5.75 Å². The van der Waals surface area contributed by atoms with E-state index in [1.54, 1.807) is 11.8 Å². The third kappa shape index (κ3) is 3.36. The average molecular weight is 277 g/mol. The summed E-state index contributed by atoms with van der Waals surface area (Å²) >= 11 is 1.80. The number of nitrogens with two attached hydrogens (primary N) is 1. The monoisotopic (exact) mass is 277 g/mol. The van der Waals surface area contributed by atoms with Crippen molar-refractivity contribution in [2.75, 3.05) is 5.75 Å². The van der Waals surface area contributed by atoms with Crippen LogP contribution in [0.2, 0.25) is 0 Å². The van der Waals surface area contributed by atoms with Crippen LogP contribution in [0.4, 0.5) is 0 Å². The van der Waals surface area contributed by atoms with E-state index in [9.17, 15) is 0 Å². The fourth-order valence-electron chi connectivity index (χ4n) is 1.74. The first-order valence-electron chi connectivity index (χ1n) is 6.39. The molecule has 1 aromatic carbocycles. The number of hydrogen-bond acceptors (Lipinski definition) is 5. The molecule has 1 heterocycles. The lowest BCUT2D eigenvalue weighted by Gasteiger charge is -2.20. The van der Waals surface area contributed by atoms with E-state index in [-0.39, 0.29) is 0 Å². The summed E-state index contributed by atoms with van der Waals surface area (Å²) in [6, 6.07) is 9.80. The van der Waals surface area contributed by atoms with Crippen LogP contribution in [-0.4, -0.2) is 15.9 Å². The van der Waals surface area contributed by atoms with Gasteiger partial charge in [0, 0.05) is 0 Å². The van der Waals surface area contributed by atoms with Crippen molar-refractivity contribution in [3.63, 3.8) is 0 Å². The lowest BCUT2D eigenvalue weighted by Crippen LogP contribution is -2.34. The lowest BCUT2D eigenvalue weighted by molar-refractivity contribution is 0.323. The largest absolute Gasteiger partial charge is 0.337 e. The van der Waals surface area contributed by atoms with Crippen LogP contribution in [0.1, 0.15) is 37.5 Å². The number of aromatic nitrogens is 2. The minimum absolute atomic E-state index is 0.464. The maximum Gasteiger partial charge on any atom is 0.251 e. The van der Waals surface area contributed by atoms with Crippen LogP contribution in [-0.2, 0) is 11.3 Å². The van der Waals surface area contributed by atoms with Crippen LogP contribution in [0.3, 0.4) is 0 Å². The highest BCUT2D eigenvalue weighted by Crippen LogP contribution is 2.25. The third-order valence-corrected chi connectivity index (χ3v) is 4.02. The van der Waals surface area contributed by atoms with E-state index in [0.29, 0.717) is 11.7 Å². The van der Waals surface area contributed by atoms with Crippen LogP contribution in [0.25, 0.3) is 0 Å². The molecular formula is C14H19N3OS. The molecule has 0 fully saturated rings. The Balaban J connectivity index is 2.13. The quantitative estimate of drug-likeness (QED) is 0.822. The van der Waals surface area contributed by atoms with Gasteiger partial charge in [0.25, 0.3) is 5.89 Å². The molecule has 2 N–H and O–H groups in total. The first-order valence-corrected chi connectivity index (χ1v) is 7.55. The first kappa shape index (κ1) is 14.1. The summed E-state index contributed by atoms with van der Waals surface area (Å²) in [5, 5.41) is 3.99. The Labute approximate surface area is 117 Å². The maximum absolute atomic E-state index is 6.32. The second-order valence-electron chi connectivity index (χ2n) is 4.64. The van der Waals surface area contributed by atoms with Crippen molar-refractivity contribution in [2.45, 2.75) is 31.6 Å². The van der Waals surface area contributed by atoms with Gasteiger partial charge < -0.3 is 10.3 Å². The zero-order valence-electron chi connectivity index (χ0n) is 11.3. The number of hydrogen-bond donors (Lipinski definition) is 1. The smallest absolute Gasteiger partial charge is 0.251 e. The number of benzene rings is 1. The highest BCUT2D eigenvalue weighted by atomic mass is 32.2. The molecule has 0 saturated carbocycles. The third-order valence-electron chi connectivity index (χ3n) is 2.87. The van der Waals surface area contributed by atoms with Gasteiger partial charge in [0.2, 0.25) is 0 Å². The number of nitrogens with zero attached hydrogens (tertiary/aromatic N) is 2. The minimum Gasteiger partial charge on any atom is -0.337 e. The van der Waals surface area contributed by atoms with E-state index in [2.05, 4.69) is 17.1 Å². The molecule has 102 valence electrons. The summed E-state index contributed by atoms with van der Waals surface area (Å²) in [4.78, 5) is 4.41. The summed E-state index contributed by atoms with van der Waals surface area (Å²) in [6.07, 6.45) is 1.15. The molecule has 1 atom stereocenters. The molecule has 0 radical (unpaired) electrons. The van der Waals surface area contributed by atoms with Crippen LogP contribution in [0.5, 0.6) is 0 Å². The summed E-state index contributed by atoms with van der Waals surface area (Å²) in [7, 11) is 0. The lowest BCUT2D eigenvalue weighted by atomic mass is 9.93. The van der Waals surface area contributed by atoms with Gasteiger partial charge in [-0.2, -0.15) is 16.7 Å². The van der Waals surface area contributed by atoms with E-state index < -0.39 is 5.54 Å². The fraction of sp³-hybridized carbons (Fsp3) is 0.429. The molecule has 0 spiro atoms. The Morgan fingerprint density at radius 2 is 2.05 bits per heavy atom. The molecule has 2 rings (SSSR count). The number of thioether (sulfide) groups is 1. The summed E-state index contributed by atoms with van der Waals surface area (Å²) in [5.41, 5.74) is 6.54. The van der Waals surface area contributed by atoms with Gasteiger partial charge in [0.1, 0.15) is 5.54 Å². The van der Waals surface area contributed by atoms with Crippen LogP contribution in [0, 0.1) is 0 Å². The Hall–Kier alpha value is -1.33. The predicted octanol–water partition coefficient (Wildman–Crippen LogP) is 2.94. The molecule has 0 amide bonds. The van der Waals surface area contributed by atoms with E-state index in [0.717, 1.165) is 23.5 Å². The maximum atomic E-state index is 6.32. The molecule has 0 aliphatic rings. The minimum atomic E-state index is -0.748. The molecule has 2 aromatic rings. The molecule has 0 aliphatic heterocycles. The number of rotatable bonds is 6. The molecule has 0 saturated heterocycles. The summed E-state index contributed by atoms with van der Waals surface area (Å²) < 4.78 is 5.32. The second-order valence-corrected chi connectivity index (χ2v) is 5.74. The van der Waals surface area contributed by atoms with Crippen LogP contribution >= 0.6 is 11.8 Å². The molecule has 4 nitrogen and oxygen atoms in total. The Morgan fingerprint density at radius 1 is 1.32 bits per heavy atom. The molecule has 19 heavy (non-hydrogen) atoms. The molecule has 5 heteroatoms. The molecule has 0 bridgehead atoms. The van der Waals surface area contributed by atoms with Crippen molar-refractivity contribution in [2.24, 2.45) is 5.73 Å². The van der Waals surface area contributed by atoms with Crippen LogP contribution < -0.4 is 5.73 Å². The Morgan fingerprint density at radius 3 is 2.74 bits per heavy atom. The van der Waals surface area contributed by atoms with Gasteiger partial charge in [-0.05, 0) is 24.7 Å². The summed E-state index contributed by atoms with van der Waals surface area (Å²) in [5.74, 6) is 3.04. The van der Waals surface area contributed by atoms with Crippen molar-refractivity contribution >= 4 is 11.8 Å². The van der Waals surface area contributed by atoms with Crippen molar-refractivity contribution in [1.82, 2.24) is 10.1 Å². The molecule has 1 unspecified atom stereocenters. The average Bonchev–Trinajstić information content (AvgIpc) is 2.90. The van der Waals surface area contributed by atoms with Crippen LogP contribution in [0.15, 0.2) is 34.9 Å². The topological polar surface area (TPSA) is 64.9 Å². The SMILES string of the molecule is CCCSCc1noc(C(C)(N)c2ccccc2)n1. The highest BCUT2D eigenvalue weighted by molar-refractivity contribution is 7.98. The van der Waals surface area contributed by atoms with Gasteiger partial charge >= 0.3 is 0 Å². The van der Waals surface area contributed by atoms with Gasteiger partial charge in [-0.1, -0.05) is 42.4 Å². The fourth-order valence-corrected chi connectivity index (χ4v) is 2.47. The predicted molar refractivity (Wildman–Crippen MR) is 77.8 cm³/mol. The zero-order valence-corrected chi connectivity index (χ0v) is 12.1. The van der Waals surface area contributed by atoms with Crippen molar-refractivity contribution < 1.29 is 4.52 Å². The van der Waals surface area contributed by atoms with Crippen molar-refractivity contribution in [3.05, 3.63) is 47.6 Å². The molecule has 1 aromatic heterocycles. The van der Waals surface area contributed by atoms with E-state index >= 15 is 0 Å². The highest BCUT2D eigenvalue weighted by Gasteiger charge is 2.30. The zero-order chi connectivity index (χ0) is 13.7. The first-order chi connectivity index (χ1) is 9.14. The van der Waals surface area contributed by atoms with Crippen molar-refractivity contribution in [1.29, 1.82) is 0 Å². The van der Waals surface area contributed by atoms with Gasteiger partial charge in [-0.25, -0.2) is 0 Å². The van der Waals surface area contributed by atoms with Crippen molar-refractivity contribution in [3.8, 4) is 0 Å². The van der Waals surface area contributed by atoms with E-state index in [1.807, 2.05) is 37.3 Å². The normalized spacial score (nSPS) is 14.3. The van der Waals surface area contributed by atoms with Gasteiger partial charge in [-0.15, -0.1) is 0 Å². The molecular weight excluding hydrogens is 258 g/mol. The summed E-state index contributed by atoms with van der Waals surface area (Å²) in [6.45, 7) is 4.04. The standard InChI is InChI=1S/C14H19N3OS/c1-3-9-19-10-12-16-13(18-17-12)14(2,15)11-7-5-4-6-8-11/h4-8H,3,9-10,15H2,1-2H3. The van der Waals surface area contributed by atoms with Gasteiger partial charge in [-0.3, -0.25) is 0 Å². The molecule has 0 aliphatic carbocycles. The van der Waals surface area contributed by atoms with E-state index in [1.165, 1.54) is 0 Å².